The third-order valence-electron chi connectivity index (χ3n) is 5.08. The molecule has 1 fully saturated rings. The van der Waals surface area contributed by atoms with Crippen LogP contribution in [0.5, 0.6) is 0 Å². The van der Waals surface area contributed by atoms with Crippen molar-refractivity contribution in [3.05, 3.63) is 57.8 Å². The van der Waals surface area contributed by atoms with Crippen LogP contribution in [0.15, 0.2) is 41.8 Å². The molecule has 0 radical (unpaired) electrons. The first-order valence-corrected chi connectivity index (χ1v) is 9.80. The van der Waals surface area contributed by atoms with Gasteiger partial charge in [-0.3, -0.25) is 9.59 Å². The van der Waals surface area contributed by atoms with Crippen LogP contribution in [-0.4, -0.2) is 49.2 Å². The summed E-state index contributed by atoms with van der Waals surface area (Å²) in [6.45, 7) is 1.88. The second kappa shape index (κ2) is 7.42. The van der Waals surface area contributed by atoms with E-state index in [1.165, 1.54) is 11.3 Å². The van der Waals surface area contributed by atoms with E-state index in [1.54, 1.807) is 25.0 Å². The van der Waals surface area contributed by atoms with Gasteiger partial charge in [0.2, 0.25) is 0 Å². The van der Waals surface area contributed by atoms with Crippen LogP contribution in [0, 0.1) is 0 Å². The van der Waals surface area contributed by atoms with Gasteiger partial charge in [0, 0.05) is 7.11 Å². The van der Waals surface area contributed by atoms with Crippen molar-refractivity contribution in [1.82, 2.24) is 4.90 Å². The molecule has 7 heteroatoms. The zero-order chi connectivity index (χ0) is 19.0. The Labute approximate surface area is 161 Å². The summed E-state index contributed by atoms with van der Waals surface area (Å²) in [5.41, 5.74) is 2.14. The number of hydrogen-bond acceptors (Lipinski definition) is 6. The first-order valence-electron chi connectivity index (χ1n) is 8.92. The number of esters is 1. The molecule has 4 rings (SSSR count). The SMILES string of the molecule is CCOC(=O)CN(C(=O)c1cccs1)[C@H]1[C@H](OC)[C@@H]2O[C@H]1c1ccccc12. The van der Waals surface area contributed by atoms with Crippen LogP contribution in [-0.2, 0) is 19.0 Å². The van der Waals surface area contributed by atoms with Gasteiger partial charge in [-0.25, -0.2) is 0 Å². The summed E-state index contributed by atoms with van der Waals surface area (Å²) >= 11 is 1.35. The van der Waals surface area contributed by atoms with E-state index in [4.69, 9.17) is 14.2 Å². The lowest BCUT2D eigenvalue weighted by Crippen LogP contribution is -2.51. The first-order chi connectivity index (χ1) is 13.2. The zero-order valence-corrected chi connectivity index (χ0v) is 16.0. The molecule has 27 heavy (non-hydrogen) atoms. The number of nitrogens with zero attached hydrogens (tertiary/aromatic N) is 1. The van der Waals surface area contributed by atoms with Crippen LogP contribution in [0.3, 0.4) is 0 Å². The second-order valence-electron chi connectivity index (χ2n) is 6.51. The number of thiophene rings is 1. The molecule has 6 nitrogen and oxygen atoms in total. The van der Waals surface area contributed by atoms with E-state index in [-0.39, 0.29) is 37.4 Å². The van der Waals surface area contributed by atoms with E-state index in [1.807, 2.05) is 35.7 Å². The minimum Gasteiger partial charge on any atom is -0.465 e. The summed E-state index contributed by atoms with van der Waals surface area (Å²) in [7, 11) is 1.61. The van der Waals surface area contributed by atoms with Crippen LogP contribution in [0.25, 0.3) is 0 Å². The Balaban J connectivity index is 1.71. The van der Waals surface area contributed by atoms with E-state index in [9.17, 15) is 9.59 Å². The van der Waals surface area contributed by atoms with Crippen molar-refractivity contribution in [3.63, 3.8) is 0 Å². The van der Waals surface area contributed by atoms with Gasteiger partial charge in [0.1, 0.15) is 24.9 Å². The Hall–Kier alpha value is -2.22. The second-order valence-corrected chi connectivity index (χ2v) is 7.46. The van der Waals surface area contributed by atoms with Crippen molar-refractivity contribution in [2.45, 2.75) is 31.3 Å². The molecule has 1 aromatic heterocycles. The molecule has 0 aliphatic carbocycles. The highest BCUT2D eigenvalue weighted by Gasteiger charge is 2.56. The molecule has 0 saturated carbocycles. The lowest BCUT2D eigenvalue weighted by atomic mass is 9.85. The molecule has 1 saturated heterocycles. The summed E-state index contributed by atoms with van der Waals surface area (Å²) in [4.78, 5) is 27.6. The number of benzene rings is 1. The predicted octanol–water partition coefficient (Wildman–Crippen LogP) is 2.96. The van der Waals surface area contributed by atoms with E-state index in [0.717, 1.165) is 11.1 Å². The standard InChI is InChI=1S/C20H21NO5S/c1-3-25-15(22)11-21(20(23)14-9-6-10-27-14)16-17-12-7-4-5-8-13(12)18(26-17)19(16)24-2/h4-10,16-19H,3,11H2,1-2H3/t16-,17+,18-,19+/m1/s1. The molecule has 1 aromatic carbocycles. The number of hydrogen-bond donors (Lipinski definition) is 0. The van der Waals surface area contributed by atoms with Gasteiger partial charge >= 0.3 is 5.97 Å². The molecule has 2 aromatic rings. The van der Waals surface area contributed by atoms with Crippen molar-refractivity contribution < 1.29 is 23.8 Å². The molecule has 0 N–H and O–H groups in total. The molecule has 142 valence electrons. The van der Waals surface area contributed by atoms with E-state index >= 15 is 0 Å². The zero-order valence-electron chi connectivity index (χ0n) is 15.2. The summed E-state index contributed by atoms with van der Waals surface area (Å²) < 4.78 is 17.0. The molecule has 3 heterocycles. The Kier molecular flexibility index (Phi) is 4.99. The average Bonchev–Trinajstić information content (AvgIpc) is 3.40. The molecular formula is C20H21NO5S. The van der Waals surface area contributed by atoms with Crippen LogP contribution in [0.1, 0.15) is 39.9 Å². The molecule has 2 aliphatic heterocycles. The summed E-state index contributed by atoms with van der Waals surface area (Å²) in [5, 5.41) is 1.84. The summed E-state index contributed by atoms with van der Waals surface area (Å²) in [6, 6.07) is 11.1. The maximum absolute atomic E-state index is 13.2. The monoisotopic (exact) mass is 387 g/mol. The van der Waals surface area contributed by atoms with Gasteiger partial charge < -0.3 is 19.1 Å². The Morgan fingerprint density at radius 2 is 1.89 bits per heavy atom. The minimum absolute atomic E-state index is 0.135. The molecule has 4 atom stereocenters. The van der Waals surface area contributed by atoms with Gasteiger partial charge in [0.15, 0.2) is 0 Å². The molecule has 2 aliphatic rings. The number of amides is 1. The van der Waals surface area contributed by atoms with Crippen molar-refractivity contribution in [2.24, 2.45) is 0 Å². The lowest BCUT2D eigenvalue weighted by Gasteiger charge is -2.36. The number of fused-ring (bicyclic) bond motifs is 5. The molecular weight excluding hydrogens is 366 g/mol. The van der Waals surface area contributed by atoms with Gasteiger partial charge in [0.05, 0.1) is 17.5 Å². The van der Waals surface area contributed by atoms with Crippen LogP contribution < -0.4 is 0 Å². The van der Waals surface area contributed by atoms with Crippen molar-refractivity contribution in [1.29, 1.82) is 0 Å². The first kappa shape index (κ1) is 18.2. The largest absolute Gasteiger partial charge is 0.465 e. The quantitative estimate of drug-likeness (QED) is 0.713. The number of carbonyl (C=O) groups excluding carboxylic acids is 2. The highest BCUT2D eigenvalue weighted by atomic mass is 32.1. The number of carbonyl (C=O) groups is 2. The van der Waals surface area contributed by atoms with Crippen LogP contribution in [0.2, 0.25) is 0 Å². The van der Waals surface area contributed by atoms with Gasteiger partial charge in [-0.05, 0) is 29.5 Å². The van der Waals surface area contributed by atoms with Gasteiger partial charge in [-0.15, -0.1) is 11.3 Å². The maximum Gasteiger partial charge on any atom is 0.325 e. The molecule has 0 unspecified atom stereocenters. The smallest absolute Gasteiger partial charge is 0.325 e. The highest BCUT2D eigenvalue weighted by Crippen LogP contribution is 2.53. The number of ether oxygens (including phenoxy) is 3. The Bertz CT molecular complexity index is 837. The Morgan fingerprint density at radius 3 is 2.52 bits per heavy atom. The third-order valence-corrected chi connectivity index (χ3v) is 5.93. The maximum atomic E-state index is 13.2. The topological polar surface area (TPSA) is 65.1 Å². The lowest BCUT2D eigenvalue weighted by molar-refractivity contribution is -0.145. The fourth-order valence-corrected chi connectivity index (χ4v) is 4.69. The van der Waals surface area contributed by atoms with Gasteiger partial charge in [0.25, 0.3) is 5.91 Å². The van der Waals surface area contributed by atoms with E-state index < -0.39 is 12.0 Å². The highest BCUT2D eigenvalue weighted by molar-refractivity contribution is 7.12. The molecule has 2 bridgehead atoms. The number of rotatable bonds is 6. The van der Waals surface area contributed by atoms with Crippen LogP contribution in [0.4, 0.5) is 0 Å². The fourth-order valence-electron chi connectivity index (χ4n) is 4.01. The molecule has 0 spiro atoms. The number of methoxy groups -OCH3 is 1. The molecule has 1 amide bonds. The average molecular weight is 387 g/mol. The van der Waals surface area contributed by atoms with Crippen molar-refractivity contribution >= 4 is 23.2 Å². The van der Waals surface area contributed by atoms with Gasteiger partial charge in [-0.1, -0.05) is 30.3 Å². The fraction of sp³-hybridized carbons (Fsp3) is 0.400. The van der Waals surface area contributed by atoms with Gasteiger partial charge in [-0.2, -0.15) is 0 Å². The Morgan fingerprint density at radius 1 is 1.15 bits per heavy atom. The third kappa shape index (κ3) is 3.05. The summed E-state index contributed by atoms with van der Waals surface area (Å²) in [6.07, 6.45) is -0.917. The van der Waals surface area contributed by atoms with E-state index in [0.29, 0.717) is 4.88 Å². The normalized spacial score (nSPS) is 25.3. The van der Waals surface area contributed by atoms with Crippen LogP contribution >= 0.6 is 11.3 Å². The van der Waals surface area contributed by atoms with Crippen molar-refractivity contribution in [2.75, 3.05) is 20.3 Å². The van der Waals surface area contributed by atoms with E-state index in [2.05, 4.69) is 0 Å². The predicted molar refractivity (Wildman–Crippen MR) is 99.6 cm³/mol. The summed E-state index contributed by atoms with van der Waals surface area (Å²) in [5.74, 6) is -0.646. The minimum atomic E-state index is -0.437. The van der Waals surface area contributed by atoms with Crippen molar-refractivity contribution in [3.8, 4) is 0 Å².